The van der Waals surface area contributed by atoms with Crippen LogP contribution in [0.1, 0.15) is 244 Å². The van der Waals surface area contributed by atoms with E-state index in [1.165, 1.54) is 218 Å². The Balaban J connectivity index is 1.83. The van der Waals surface area contributed by atoms with Crippen LogP contribution in [-0.2, 0) is 12.8 Å². The van der Waals surface area contributed by atoms with Crippen LogP contribution in [0.2, 0.25) is 0 Å². The highest BCUT2D eigenvalue weighted by molar-refractivity contribution is 4.90. The molecule has 1 aromatic heterocycles. The Labute approximate surface area is 277 Å². The molecule has 0 saturated carbocycles. The van der Waals surface area contributed by atoms with E-state index in [1.54, 1.807) is 0 Å². The number of hydrogen-bond donors (Lipinski definition) is 0. The Morgan fingerprint density at radius 3 is 0.727 bits per heavy atom. The van der Waals surface area contributed by atoms with Gasteiger partial charge in [-0.3, -0.25) is 0 Å². The van der Waals surface area contributed by atoms with Crippen LogP contribution in [0.15, 0.2) is 0 Å². The Morgan fingerprint density at radius 2 is 0.500 bits per heavy atom. The van der Waals surface area contributed by atoms with Crippen molar-refractivity contribution in [1.29, 1.82) is 0 Å². The standard InChI is InChI=1S/C41H78N3/c1-3-5-7-9-11-13-15-17-19-21-23-25-27-29-31-33-35-37-40-42-39-43-41(44-40)38-36-34-32-30-28-26-24-22-20-18-16-14-12-10-8-6-4-2/h3-38H2,1-2H3. The summed E-state index contributed by atoms with van der Waals surface area (Å²) in [4.78, 5) is 13.4. The number of rotatable bonds is 36. The monoisotopic (exact) mass is 613 g/mol. The number of unbranched alkanes of at least 4 members (excludes halogenated alkanes) is 32. The fourth-order valence-electron chi connectivity index (χ4n) is 6.58. The minimum Gasteiger partial charge on any atom is -0.218 e. The maximum absolute atomic E-state index is 4.74. The van der Waals surface area contributed by atoms with Crippen molar-refractivity contribution in [2.24, 2.45) is 0 Å². The molecule has 257 valence electrons. The molecule has 0 bridgehead atoms. The van der Waals surface area contributed by atoms with Gasteiger partial charge in [0, 0.05) is 12.8 Å². The van der Waals surface area contributed by atoms with E-state index in [9.17, 15) is 0 Å². The van der Waals surface area contributed by atoms with Gasteiger partial charge in [0.25, 0.3) is 0 Å². The Bertz CT molecular complexity index is 622. The molecule has 0 fully saturated rings. The molecule has 44 heavy (non-hydrogen) atoms. The summed E-state index contributed by atoms with van der Waals surface area (Å²) in [5.41, 5.74) is 0. The highest BCUT2D eigenvalue weighted by Gasteiger charge is 2.03. The van der Waals surface area contributed by atoms with Gasteiger partial charge in [-0.2, -0.15) is 0 Å². The number of hydrogen-bond acceptors (Lipinski definition) is 3. The van der Waals surface area contributed by atoms with Gasteiger partial charge in [0.05, 0.1) is 0 Å². The van der Waals surface area contributed by atoms with E-state index in [4.69, 9.17) is 4.98 Å². The van der Waals surface area contributed by atoms with E-state index < -0.39 is 0 Å². The van der Waals surface area contributed by atoms with Crippen LogP contribution in [0.3, 0.4) is 0 Å². The molecule has 0 N–H and O–H groups in total. The molecule has 0 aliphatic heterocycles. The second-order valence-corrected chi connectivity index (χ2v) is 14.1. The fraction of sp³-hybridized carbons (Fsp3) is 0.927. The molecule has 3 nitrogen and oxygen atoms in total. The molecular weight excluding hydrogens is 534 g/mol. The van der Waals surface area contributed by atoms with E-state index in [1.807, 2.05) is 0 Å². The second kappa shape index (κ2) is 34.9. The molecule has 0 spiro atoms. The zero-order valence-electron chi connectivity index (χ0n) is 30.3. The molecule has 0 saturated heterocycles. The van der Waals surface area contributed by atoms with Crippen molar-refractivity contribution in [3.05, 3.63) is 18.0 Å². The molecule has 0 amide bonds. The van der Waals surface area contributed by atoms with Gasteiger partial charge < -0.3 is 0 Å². The number of aryl methyl sites for hydroxylation is 2. The normalized spacial score (nSPS) is 11.5. The third kappa shape index (κ3) is 29.7. The zero-order chi connectivity index (χ0) is 31.4. The highest BCUT2D eigenvalue weighted by atomic mass is 15.0. The van der Waals surface area contributed by atoms with Crippen LogP contribution >= 0.6 is 0 Å². The quantitative estimate of drug-likeness (QED) is 0.0707. The van der Waals surface area contributed by atoms with Gasteiger partial charge in [-0.25, -0.2) is 15.0 Å². The average Bonchev–Trinajstić information content (AvgIpc) is 3.04. The Hall–Kier alpha value is -0.990. The summed E-state index contributed by atoms with van der Waals surface area (Å²) in [6.45, 7) is 4.60. The zero-order valence-corrected chi connectivity index (χ0v) is 30.3. The fourth-order valence-corrected chi connectivity index (χ4v) is 6.58. The van der Waals surface area contributed by atoms with Crippen molar-refractivity contribution in [1.82, 2.24) is 15.0 Å². The minimum atomic E-state index is 0.961. The maximum atomic E-state index is 4.74. The van der Waals surface area contributed by atoms with E-state index in [-0.39, 0.29) is 0 Å². The van der Waals surface area contributed by atoms with Gasteiger partial charge in [0.1, 0.15) is 11.6 Å². The number of nitrogens with zero attached hydrogens (tertiary/aromatic N) is 3. The molecule has 1 radical (unpaired) electrons. The van der Waals surface area contributed by atoms with Gasteiger partial charge in [-0.15, -0.1) is 0 Å². The third-order valence-electron chi connectivity index (χ3n) is 9.62. The summed E-state index contributed by atoms with van der Waals surface area (Å²) in [5.74, 6) is 1.92. The van der Waals surface area contributed by atoms with Crippen LogP contribution in [0.25, 0.3) is 0 Å². The first-order valence-electron chi connectivity index (χ1n) is 20.5. The predicted octanol–water partition coefficient (Wildman–Crippen LogP) is 14.1. The molecule has 3 heteroatoms. The second-order valence-electron chi connectivity index (χ2n) is 14.1. The van der Waals surface area contributed by atoms with E-state index in [0.717, 1.165) is 24.5 Å². The lowest BCUT2D eigenvalue weighted by molar-refractivity contribution is 0.525. The van der Waals surface area contributed by atoms with Crippen molar-refractivity contribution < 1.29 is 0 Å². The van der Waals surface area contributed by atoms with Crippen LogP contribution in [0, 0.1) is 6.33 Å². The first kappa shape index (κ1) is 41.0. The van der Waals surface area contributed by atoms with Crippen molar-refractivity contribution >= 4 is 0 Å². The topological polar surface area (TPSA) is 38.7 Å². The Morgan fingerprint density at radius 1 is 0.295 bits per heavy atom. The summed E-state index contributed by atoms with van der Waals surface area (Å²) in [6.07, 6.45) is 52.9. The summed E-state index contributed by atoms with van der Waals surface area (Å²) >= 11 is 0. The summed E-state index contributed by atoms with van der Waals surface area (Å²) in [5, 5.41) is 0. The third-order valence-corrected chi connectivity index (χ3v) is 9.62. The van der Waals surface area contributed by atoms with Gasteiger partial charge in [-0.05, 0) is 12.8 Å². The van der Waals surface area contributed by atoms with Gasteiger partial charge in [0.2, 0.25) is 6.33 Å². The SMILES string of the molecule is CCCCCCCCCCCCCCCCCCCc1n[c]nc(CCCCCCCCCCCCCCCCCCC)n1. The summed E-state index contributed by atoms with van der Waals surface area (Å²) in [6, 6.07) is 0. The molecule has 1 aromatic rings. The van der Waals surface area contributed by atoms with Gasteiger partial charge >= 0.3 is 0 Å². The van der Waals surface area contributed by atoms with Crippen molar-refractivity contribution in [2.75, 3.05) is 0 Å². The predicted molar refractivity (Wildman–Crippen MR) is 194 cm³/mol. The van der Waals surface area contributed by atoms with Crippen LogP contribution < -0.4 is 0 Å². The molecular formula is C41H78N3. The van der Waals surface area contributed by atoms with Crippen molar-refractivity contribution in [3.63, 3.8) is 0 Å². The molecule has 1 heterocycles. The lowest BCUT2D eigenvalue weighted by Crippen LogP contribution is -2.03. The largest absolute Gasteiger partial charge is 0.218 e. The summed E-state index contributed by atoms with van der Waals surface area (Å²) in [7, 11) is 0. The Kier molecular flexibility index (Phi) is 32.5. The summed E-state index contributed by atoms with van der Waals surface area (Å²) < 4.78 is 0. The van der Waals surface area contributed by atoms with Gasteiger partial charge in [0.15, 0.2) is 0 Å². The smallest absolute Gasteiger partial charge is 0.201 e. The number of aromatic nitrogens is 3. The molecule has 0 unspecified atom stereocenters. The lowest BCUT2D eigenvalue weighted by atomic mass is 10.0. The molecule has 0 atom stereocenters. The molecule has 0 aromatic carbocycles. The van der Waals surface area contributed by atoms with Crippen LogP contribution in [-0.4, -0.2) is 15.0 Å². The van der Waals surface area contributed by atoms with Gasteiger partial charge in [-0.1, -0.05) is 219 Å². The minimum absolute atomic E-state index is 0.961. The lowest BCUT2D eigenvalue weighted by Gasteiger charge is -2.05. The molecule has 0 aliphatic rings. The van der Waals surface area contributed by atoms with Crippen LogP contribution in [0.5, 0.6) is 0 Å². The maximum Gasteiger partial charge on any atom is 0.201 e. The molecule has 1 rings (SSSR count). The van der Waals surface area contributed by atoms with E-state index in [0.29, 0.717) is 0 Å². The van der Waals surface area contributed by atoms with E-state index >= 15 is 0 Å². The first-order valence-corrected chi connectivity index (χ1v) is 20.5. The van der Waals surface area contributed by atoms with Crippen molar-refractivity contribution in [3.8, 4) is 0 Å². The van der Waals surface area contributed by atoms with Crippen LogP contribution in [0.4, 0.5) is 0 Å². The highest BCUT2D eigenvalue weighted by Crippen LogP contribution is 2.16. The first-order chi connectivity index (χ1) is 21.9. The van der Waals surface area contributed by atoms with E-state index in [2.05, 4.69) is 30.1 Å². The van der Waals surface area contributed by atoms with Crippen molar-refractivity contribution in [2.45, 2.75) is 245 Å². The average molecular weight is 613 g/mol. The molecule has 0 aliphatic carbocycles.